The summed E-state index contributed by atoms with van der Waals surface area (Å²) >= 11 is 0. The number of amides is 2. The van der Waals surface area contributed by atoms with Gasteiger partial charge < -0.3 is 9.47 Å². The molecule has 1 heterocycles. The Balaban J connectivity index is 2.53. The highest BCUT2D eigenvalue weighted by atomic mass is 16.5. The largest absolute Gasteiger partial charge is 0.466 e. The number of hydrogen-bond donors (Lipinski definition) is 2. The van der Waals surface area contributed by atoms with E-state index in [1.165, 1.54) is 0 Å². The van der Waals surface area contributed by atoms with Gasteiger partial charge in [-0.1, -0.05) is 26.7 Å². The minimum absolute atomic E-state index is 0.212. The second-order valence-electron chi connectivity index (χ2n) is 10.8. The maximum atomic E-state index is 12.0. The highest BCUT2D eigenvalue weighted by Gasteiger charge is 2.10. The zero-order chi connectivity index (χ0) is 28.9. The molecule has 10 heteroatoms. The van der Waals surface area contributed by atoms with E-state index < -0.39 is 0 Å². The second kappa shape index (κ2) is 21.1. The second-order valence-corrected chi connectivity index (χ2v) is 10.8. The average molecular weight is 551 g/mol. The number of carbonyl (C=O) groups is 4. The summed E-state index contributed by atoms with van der Waals surface area (Å²) in [5, 5.41) is 8.31. The van der Waals surface area contributed by atoms with Crippen LogP contribution in [-0.4, -0.2) is 48.4 Å². The highest BCUT2D eigenvalue weighted by molar-refractivity contribution is 5.85. The molecule has 1 aliphatic rings. The lowest BCUT2D eigenvalue weighted by atomic mass is 10.00. The predicted octanol–water partition coefficient (Wildman–Crippen LogP) is 5.19. The van der Waals surface area contributed by atoms with Gasteiger partial charge in [-0.15, -0.1) is 0 Å². The fraction of sp³-hybridized carbons (Fsp3) is 0.793. The molecule has 0 aromatic carbocycles. The molecule has 0 fully saturated rings. The molecule has 222 valence electrons. The van der Waals surface area contributed by atoms with Crippen LogP contribution in [0.3, 0.4) is 0 Å². The predicted molar refractivity (Wildman–Crippen MR) is 152 cm³/mol. The number of ether oxygens (including phenoxy) is 2. The summed E-state index contributed by atoms with van der Waals surface area (Å²) < 4.78 is 10.7. The van der Waals surface area contributed by atoms with Crippen molar-refractivity contribution in [2.24, 2.45) is 22.0 Å². The van der Waals surface area contributed by atoms with E-state index in [4.69, 9.17) is 9.47 Å². The van der Waals surface area contributed by atoms with Crippen LogP contribution in [-0.2, 0) is 28.7 Å². The third-order valence-corrected chi connectivity index (χ3v) is 6.78. The van der Waals surface area contributed by atoms with Gasteiger partial charge in [0, 0.05) is 37.1 Å². The molecule has 39 heavy (non-hydrogen) atoms. The van der Waals surface area contributed by atoms with Crippen LogP contribution in [0, 0.1) is 11.8 Å². The van der Waals surface area contributed by atoms with Crippen molar-refractivity contribution in [3.8, 4) is 0 Å². The smallest absolute Gasteiger partial charge is 0.305 e. The molecule has 2 N–H and O–H groups in total. The average Bonchev–Trinajstić information content (AvgIpc) is 2.88. The molecule has 0 saturated carbocycles. The lowest BCUT2D eigenvalue weighted by Crippen LogP contribution is -2.21. The van der Waals surface area contributed by atoms with Gasteiger partial charge in [-0.25, -0.2) is 10.9 Å². The minimum atomic E-state index is -0.223. The topological polar surface area (TPSA) is 136 Å². The third kappa shape index (κ3) is 19.9. The van der Waals surface area contributed by atoms with Crippen LogP contribution in [0.5, 0.6) is 0 Å². The third-order valence-electron chi connectivity index (χ3n) is 6.78. The Bertz CT molecular complexity index is 761. The van der Waals surface area contributed by atoms with E-state index in [-0.39, 0.29) is 36.6 Å². The number of rotatable bonds is 0. The molecule has 0 bridgehead atoms. The monoisotopic (exact) mass is 550 g/mol. The van der Waals surface area contributed by atoms with Crippen molar-refractivity contribution >= 4 is 35.2 Å². The molecule has 0 aromatic rings. The van der Waals surface area contributed by atoms with Crippen LogP contribution in [0.4, 0.5) is 0 Å². The van der Waals surface area contributed by atoms with Crippen LogP contribution in [0.25, 0.3) is 0 Å². The van der Waals surface area contributed by atoms with Gasteiger partial charge in [0.2, 0.25) is 11.8 Å². The van der Waals surface area contributed by atoms with E-state index in [2.05, 4.69) is 34.9 Å². The zero-order valence-corrected chi connectivity index (χ0v) is 24.5. The molecule has 1 aliphatic heterocycles. The molecular weight excluding hydrogens is 500 g/mol. The highest BCUT2D eigenvalue weighted by Crippen LogP contribution is 2.14. The zero-order valence-electron chi connectivity index (χ0n) is 24.5. The van der Waals surface area contributed by atoms with E-state index in [0.717, 1.165) is 62.8 Å². The quantitative estimate of drug-likeness (QED) is 0.398. The van der Waals surface area contributed by atoms with Crippen molar-refractivity contribution in [3.63, 3.8) is 0 Å². The molecule has 0 spiro atoms. The molecule has 0 radical (unpaired) electrons. The summed E-state index contributed by atoms with van der Waals surface area (Å²) in [6.07, 6.45) is 9.61. The van der Waals surface area contributed by atoms with Crippen molar-refractivity contribution in [1.29, 1.82) is 0 Å². The van der Waals surface area contributed by atoms with Gasteiger partial charge in [0.1, 0.15) is 0 Å². The van der Waals surface area contributed by atoms with Crippen LogP contribution in [0.2, 0.25) is 0 Å². The Morgan fingerprint density at radius 1 is 0.564 bits per heavy atom. The van der Waals surface area contributed by atoms with E-state index in [9.17, 15) is 19.2 Å². The van der Waals surface area contributed by atoms with Crippen molar-refractivity contribution in [2.75, 3.05) is 13.2 Å². The molecule has 2 atom stereocenters. The standard InChI is InChI=1S/C29H50N4O6/c1-22-10-7-12-24(3)30-32-26(34)14-9-15-27(35)33-31-25(4)13-8-11-23(2)19-21-39-29(37)17-6-5-16-28(36)38-20-18-22/h22-23H,5-21H2,1-4H3,(H,32,34)(H,33,35). The first-order valence-corrected chi connectivity index (χ1v) is 14.6. The van der Waals surface area contributed by atoms with Crippen LogP contribution < -0.4 is 10.9 Å². The summed E-state index contributed by atoms with van der Waals surface area (Å²) in [6.45, 7) is 8.81. The number of hydrogen-bond acceptors (Lipinski definition) is 8. The molecule has 0 aromatic heterocycles. The number of carbonyl (C=O) groups excluding carboxylic acids is 4. The van der Waals surface area contributed by atoms with Crippen molar-refractivity contribution < 1.29 is 28.7 Å². The lowest BCUT2D eigenvalue weighted by molar-refractivity contribution is -0.146. The number of nitrogens with one attached hydrogen (secondary N) is 2. The van der Waals surface area contributed by atoms with Crippen LogP contribution in [0.1, 0.15) is 124 Å². The lowest BCUT2D eigenvalue weighted by Gasteiger charge is -2.12. The van der Waals surface area contributed by atoms with Gasteiger partial charge in [-0.3, -0.25) is 19.2 Å². The van der Waals surface area contributed by atoms with Gasteiger partial charge in [0.25, 0.3) is 0 Å². The van der Waals surface area contributed by atoms with Gasteiger partial charge in [-0.05, 0) is 83.5 Å². The molecule has 2 amide bonds. The van der Waals surface area contributed by atoms with Gasteiger partial charge >= 0.3 is 11.9 Å². The van der Waals surface area contributed by atoms with E-state index in [1.54, 1.807) is 0 Å². The summed E-state index contributed by atoms with van der Waals surface area (Å²) in [7, 11) is 0. The van der Waals surface area contributed by atoms with E-state index >= 15 is 0 Å². The Morgan fingerprint density at radius 3 is 1.38 bits per heavy atom. The minimum Gasteiger partial charge on any atom is -0.466 e. The molecule has 10 nitrogen and oxygen atoms in total. The summed E-state index contributed by atoms with van der Waals surface area (Å²) in [6, 6.07) is 0. The maximum Gasteiger partial charge on any atom is 0.305 e. The number of nitrogens with zero attached hydrogens (tertiary/aromatic N) is 2. The van der Waals surface area contributed by atoms with Gasteiger partial charge in [0.15, 0.2) is 0 Å². The summed E-state index contributed by atoms with van der Waals surface area (Å²) in [5.41, 5.74) is 6.82. The fourth-order valence-corrected chi connectivity index (χ4v) is 4.08. The SMILES string of the molecule is CC1=NNC(=O)CCCC(=O)NN=C(C)CCCC(C)CCOC(=O)CCCCC(=O)OCCC(C)CCC1. The molecule has 1 rings (SSSR count). The Kier molecular flexibility index (Phi) is 18.5. The van der Waals surface area contributed by atoms with Crippen molar-refractivity contribution in [2.45, 2.75) is 124 Å². The number of hydrazone groups is 2. The fourth-order valence-electron chi connectivity index (χ4n) is 4.08. The normalized spacial score (nSPS) is 24.5. The van der Waals surface area contributed by atoms with Crippen molar-refractivity contribution in [3.05, 3.63) is 0 Å². The number of cyclic esters (lactones) is 2. The van der Waals surface area contributed by atoms with Crippen molar-refractivity contribution in [1.82, 2.24) is 10.9 Å². The first-order valence-electron chi connectivity index (χ1n) is 14.6. The van der Waals surface area contributed by atoms with E-state index in [1.807, 2.05) is 13.8 Å². The Labute approximate surface area is 234 Å². The van der Waals surface area contributed by atoms with Crippen LogP contribution >= 0.6 is 0 Å². The molecular formula is C29H50N4O6. The first kappa shape index (κ1) is 34.2. The van der Waals surface area contributed by atoms with Crippen LogP contribution in [0.15, 0.2) is 10.2 Å². The molecule has 0 saturated heterocycles. The van der Waals surface area contributed by atoms with Gasteiger partial charge in [0.05, 0.1) is 13.2 Å². The van der Waals surface area contributed by atoms with E-state index in [0.29, 0.717) is 57.2 Å². The maximum absolute atomic E-state index is 12.0. The first-order chi connectivity index (χ1) is 18.7. The molecule has 2 unspecified atom stereocenters. The molecule has 0 aliphatic carbocycles. The number of esters is 2. The summed E-state index contributed by atoms with van der Waals surface area (Å²) in [4.78, 5) is 48.0. The Hall–Kier alpha value is -2.78. The van der Waals surface area contributed by atoms with Gasteiger partial charge in [-0.2, -0.15) is 10.2 Å². The summed E-state index contributed by atoms with van der Waals surface area (Å²) in [5.74, 6) is -0.0616. The Morgan fingerprint density at radius 2 is 0.974 bits per heavy atom.